The largest absolute Gasteiger partial charge is 0.346 e. The highest BCUT2D eigenvalue weighted by Crippen LogP contribution is 2.02. The van der Waals surface area contributed by atoms with Gasteiger partial charge in [0.25, 0.3) is 0 Å². The predicted octanol–water partition coefficient (Wildman–Crippen LogP) is -1.30. The van der Waals surface area contributed by atoms with E-state index in [0.717, 1.165) is 0 Å². The third-order valence-corrected chi connectivity index (χ3v) is 1.82. The molecule has 0 rings (SSSR count). The van der Waals surface area contributed by atoms with Crippen molar-refractivity contribution in [3.63, 3.8) is 0 Å². The molecule has 6 nitrogen and oxygen atoms in total. The van der Waals surface area contributed by atoms with Gasteiger partial charge in [-0.15, -0.1) is 0 Å². The smallest absolute Gasteiger partial charge is 0.239 e. The molecule has 0 bridgehead atoms. The van der Waals surface area contributed by atoms with E-state index in [1.807, 2.05) is 13.8 Å². The second kappa shape index (κ2) is 7.81. The molecule has 0 unspecified atom stereocenters. The zero-order valence-electron chi connectivity index (χ0n) is 9.58. The van der Waals surface area contributed by atoms with Crippen LogP contribution in [-0.2, 0) is 14.4 Å². The summed E-state index contributed by atoms with van der Waals surface area (Å²) >= 11 is 0. The number of nitrogens with two attached hydrogens (primary N) is 1. The minimum atomic E-state index is -0.623. The Hall–Kier alpha value is -1.43. The average molecular weight is 228 g/mol. The fraction of sp³-hybridized carbons (Fsp3) is 0.700. The number of rotatable bonds is 7. The summed E-state index contributed by atoms with van der Waals surface area (Å²) < 4.78 is 0. The molecule has 0 aromatic heterocycles. The minimum Gasteiger partial charge on any atom is -0.346 e. The van der Waals surface area contributed by atoms with Gasteiger partial charge in [-0.3, -0.25) is 14.4 Å². The monoisotopic (exact) mass is 228 g/mol. The quantitative estimate of drug-likeness (QED) is 0.504. The zero-order valence-corrected chi connectivity index (χ0v) is 9.58. The van der Waals surface area contributed by atoms with E-state index in [-0.39, 0.29) is 19.0 Å². The van der Waals surface area contributed by atoms with E-state index >= 15 is 0 Å². The summed E-state index contributed by atoms with van der Waals surface area (Å²) in [5, 5.41) is 4.77. The van der Waals surface area contributed by atoms with E-state index in [2.05, 4.69) is 10.6 Å². The van der Waals surface area contributed by atoms with Crippen LogP contribution in [0.15, 0.2) is 0 Å². The number of nitrogens with one attached hydrogen (secondary N) is 2. The molecule has 0 saturated carbocycles. The number of hydrogen-bond acceptors (Lipinski definition) is 4. The Morgan fingerprint density at radius 2 is 1.94 bits per heavy atom. The Bertz CT molecular complexity index is 254. The highest BCUT2D eigenvalue weighted by molar-refractivity contribution is 5.86. The van der Waals surface area contributed by atoms with Gasteiger partial charge in [0.1, 0.15) is 0 Å². The molecule has 1 radical (unpaired) electrons. The summed E-state index contributed by atoms with van der Waals surface area (Å²) in [6.45, 7) is 3.54. The molecule has 0 aliphatic rings. The van der Waals surface area contributed by atoms with Crippen LogP contribution in [0.25, 0.3) is 0 Å². The SMILES string of the molecule is CC(C)C[C@@H]([C]=O)NC(=O)CNC(=O)CN. The Morgan fingerprint density at radius 3 is 2.38 bits per heavy atom. The van der Waals surface area contributed by atoms with Crippen LogP contribution in [0.5, 0.6) is 0 Å². The van der Waals surface area contributed by atoms with E-state index in [9.17, 15) is 14.4 Å². The van der Waals surface area contributed by atoms with Crippen molar-refractivity contribution in [3.8, 4) is 0 Å². The van der Waals surface area contributed by atoms with Crippen LogP contribution in [0, 0.1) is 5.92 Å². The van der Waals surface area contributed by atoms with Crippen molar-refractivity contribution in [2.45, 2.75) is 26.3 Å². The molecule has 0 fully saturated rings. The molecule has 0 aromatic rings. The van der Waals surface area contributed by atoms with Crippen LogP contribution in [0.3, 0.4) is 0 Å². The van der Waals surface area contributed by atoms with Crippen LogP contribution in [0.2, 0.25) is 0 Å². The summed E-state index contributed by atoms with van der Waals surface area (Å²) in [6.07, 6.45) is 2.27. The lowest BCUT2D eigenvalue weighted by Crippen LogP contribution is -2.44. The molecule has 0 aromatic carbocycles. The van der Waals surface area contributed by atoms with Gasteiger partial charge in [0.05, 0.1) is 19.1 Å². The van der Waals surface area contributed by atoms with Gasteiger partial charge in [-0.05, 0) is 12.3 Å². The van der Waals surface area contributed by atoms with Crippen molar-refractivity contribution < 1.29 is 14.4 Å². The van der Waals surface area contributed by atoms with Gasteiger partial charge in [-0.1, -0.05) is 13.8 Å². The summed E-state index contributed by atoms with van der Waals surface area (Å²) in [7, 11) is 0. The maximum absolute atomic E-state index is 11.3. The van der Waals surface area contributed by atoms with Crippen molar-refractivity contribution in [3.05, 3.63) is 0 Å². The highest BCUT2D eigenvalue weighted by Gasteiger charge is 2.13. The van der Waals surface area contributed by atoms with Gasteiger partial charge in [0, 0.05) is 0 Å². The topological polar surface area (TPSA) is 101 Å². The first kappa shape index (κ1) is 14.6. The summed E-state index contributed by atoms with van der Waals surface area (Å²) in [6, 6.07) is -0.623. The molecule has 0 heterocycles. The van der Waals surface area contributed by atoms with Crippen LogP contribution in [-0.4, -0.2) is 37.2 Å². The van der Waals surface area contributed by atoms with Crippen LogP contribution < -0.4 is 16.4 Å². The first-order valence-electron chi connectivity index (χ1n) is 5.13. The summed E-state index contributed by atoms with van der Waals surface area (Å²) in [5.41, 5.74) is 5.05. The molecule has 2 amide bonds. The van der Waals surface area contributed by atoms with Crippen molar-refractivity contribution in [2.24, 2.45) is 11.7 Å². The Labute approximate surface area is 94.9 Å². The van der Waals surface area contributed by atoms with Crippen molar-refractivity contribution in [2.75, 3.05) is 13.1 Å². The Morgan fingerprint density at radius 1 is 1.31 bits per heavy atom. The zero-order chi connectivity index (χ0) is 12.6. The second-order valence-corrected chi connectivity index (χ2v) is 3.85. The van der Waals surface area contributed by atoms with E-state index in [4.69, 9.17) is 5.73 Å². The van der Waals surface area contributed by atoms with Crippen LogP contribution in [0.1, 0.15) is 20.3 Å². The highest BCUT2D eigenvalue weighted by atomic mass is 16.2. The van der Waals surface area contributed by atoms with Gasteiger partial charge in [0.15, 0.2) is 0 Å². The molecule has 1 atom stereocenters. The van der Waals surface area contributed by atoms with Gasteiger partial charge in [0.2, 0.25) is 18.1 Å². The molecule has 6 heteroatoms. The number of carbonyl (C=O) groups excluding carboxylic acids is 3. The third-order valence-electron chi connectivity index (χ3n) is 1.82. The maximum Gasteiger partial charge on any atom is 0.239 e. The molecule has 4 N–H and O–H groups in total. The summed E-state index contributed by atoms with van der Waals surface area (Å²) in [4.78, 5) is 32.5. The maximum atomic E-state index is 11.3. The van der Waals surface area contributed by atoms with Gasteiger partial charge < -0.3 is 16.4 Å². The average Bonchev–Trinajstić information content (AvgIpc) is 2.24. The van der Waals surface area contributed by atoms with Gasteiger partial charge in [-0.2, -0.15) is 0 Å². The van der Waals surface area contributed by atoms with E-state index in [1.54, 1.807) is 6.29 Å². The fourth-order valence-corrected chi connectivity index (χ4v) is 1.10. The molecular formula is C10H18N3O3. The molecular weight excluding hydrogens is 210 g/mol. The molecule has 0 spiro atoms. The van der Waals surface area contributed by atoms with Crippen molar-refractivity contribution in [1.29, 1.82) is 0 Å². The Kier molecular flexibility index (Phi) is 7.11. The van der Waals surface area contributed by atoms with Crippen LogP contribution >= 0.6 is 0 Å². The van der Waals surface area contributed by atoms with E-state index in [1.165, 1.54) is 0 Å². The molecule has 91 valence electrons. The molecule has 0 saturated heterocycles. The number of amides is 2. The van der Waals surface area contributed by atoms with Gasteiger partial charge in [-0.25, -0.2) is 0 Å². The van der Waals surface area contributed by atoms with Gasteiger partial charge >= 0.3 is 0 Å². The lowest BCUT2D eigenvalue weighted by atomic mass is 10.1. The minimum absolute atomic E-state index is 0.164. The molecule has 0 aliphatic heterocycles. The second-order valence-electron chi connectivity index (χ2n) is 3.85. The van der Waals surface area contributed by atoms with Crippen molar-refractivity contribution in [1.82, 2.24) is 10.6 Å². The van der Waals surface area contributed by atoms with E-state index in [0.29, 0.717) is 6.42 Å². The number of hydrogen-bond donors (Lipinski definition) is 3. The third kappa shape index (κ3) is 6.94. The summed E-state index contributed by atoms with van der Waals surface area (Å²) in [5.74, 6) is -0.549. The predicted molar refractivity (Wildman–Crippen MR) is 59.1 cm³/mol. The number of carbonyl (C=O) groups is 2. The normalized spacial score (nSPS) is 12.0. The van der Waals surface area contributed by atoms with Crippen LogP contribution in [0.4, 0.5) is 0 Å². The van der Waals surface area contributed by atoms with Crippen molar-refractivity contribution >= 4 is 18.1 Å². The first-order chi connectivity index (χ1) is 7.49. The lowest BCUT2D eigenvalue weighted by Gasteiger charge is -2.14. The standard InChI is InChI=1S/C10H18N3O3/c1-7(2)3-8(6-14)13-10(16)5-12-9(15)4-11/h7-8H,3-5,11H2,1-2H3,(H,12,15)(H,13,16)/t8-/m0/s1. The fourth-order valence-electron chi connectivity index (χ4n) is 1.10. The lowest BCUT2D eigenvalue weighted by molar-refractivity contribution is -0.125. The molecule has 0 aliphatic carbocycles. The molecule has 16 heavy (non-hydrogen) atoms. The Balaban J connectivity index is 3.91. The van der Waals surface area contributed by atoms with E-state index < -0.39 is 17.9 Å². The first-order valence-corrected chi connectivity index (χ1v) is 5.13.